The van der Waals surface area contributed by atoms with Crippen LogP contribution in [0.3, 0.4) is 0 Å². The Balaban J connectivity index is -0.0000000498. The predicted octanol–water partition coefficient (Wildman–Crippen LogP) is 9.07. The molecule has 0 saturated heterocycles. The molecule has 0 aromatic carbocycles. The maximum atomic E-state index is 10.5. The van der Waals surface area contributed by atoms with Crippen molar-refractivity contribution in [2.45, 2.75) is 148 Å². The highest BCUT2D eigenvalue weighted by molar-refractivity contribution is 5.78. The summed E-state index contributed by atoms with van der Waals surface area (Å²) >= 11 is 0. The Morgan fingerprint density at radius 2 is 1.15 bits per heavy atom. The lowest BCUT2D eigenvalue weighted by atomic mass is 10.1. The number of Topliss-reactive ketones (excluding diaryl/α,β-unsaturated/α-hetero) is 2. The quantitative estimate of drug-likeness (QED) is 0.0967. The van der Waals surface area contributed by atoms with Crippen molar-refractivity contribution >= 4 is 11.6 Å². The second-order valence-electron chi connectivity index (χ2n) is 7.06. The number of aliphatic hydroxyl groups excluding tert-OH is 1. The minimum absolute atomic E-state index is 0. The zero-order valence-corrected chi connectivity index (χ0v) is 19.3. The number of unbranched alkanes of at least 4 members (excludes halogenated alkanes) is 10. The first-order valence-corrected chi connectivity index (χ1v) is 11.1. The van der Waals surface area contributed by atoms with E-state index < -0.39 is 12.1 Å². The standard InChI is InChI=1S/C12H22O2.C9H18.C3H6O3.5CH4/c1-3-4-5-6-7-8-9-10-14-11-12(2)13;1-3-5-7-9-8-6-4-2;1-2(4)3(5)6;;;;;/h9-10H,3-8,11H2,1-2H3;3H,1,4-9H2,2H3;3,5-6H,1H3;5*1H4. The topological polar surface area (TPSA) is 83.8 Å². The number of carbonyl (C=O) groups is 2. The number of rotatable bonds is 16. The third-order valence-electron chi connectivity index (χ3n) is 3.83. The van der Waals surface area contributed by atoms with Crippen molar-refractivity contribution < 1.29 is 24.5 Å². The molecule has 34 heavy (non-hydrogen) atoms. The summed E-state index contributed by atoms with van der Waals surface area (Å²) in [4.78, 5) is 20.1. The molecule has 0 aromatic heterocycles. The lowest BCUT2D eigenvalue weighted by Crippen LogP contribution is -2.14. The molecule has 0 bridgehead atoms. The van der Waals surface area contributed by atoms with E-state index in [0.29, 0.717) is 0 Å². The van der Waals surface area contributed by atoms with E-state index in [0.717, 1.165) is 13.3 Å². The number of hydrogen-bond donors (Lipinski definition) is 2. The van der Waals surface area contributed by atoms with Crippen molar-refractivity contribution in [3.8, 4) is 0 Å². The molecule has 0 aliphatic carbocycles. The van der Waals surface area contributed by atoms with Gasteiger partial charge in [0.1, 0.15) is 6.61 Å². The summed E-state index contributed by atoms with van der Waals surface area (Å²) in [6, 6.07) is 0. The van der Waals surface area contributed by atoms with Crippen LogP contribution in [0.25, 0.3) is 0 Å². The van der Waals surface area contributed by atoms with Gasteiger partial charge in [0.05, 0.1) is 6.26 Å². The number of hydrogen-bond acceptors (Lipinski definition) is 5. The second kappa shape index (κ2) is 48.8. The molecule has 0 atom stereocenters. The number of ether oxygens (including phenoxy) is 1. The van der Waals surface area contributed by atoms with Gasteiger partial charge in [-0.3, -0.25) is 9.59 Å². The van der Waals surface area contributed by atoms with Crippen molar-refractivity contribution in [1.82, 2.24) is 0 Å². The molecular formula is C29H66O5. The van der Waals surface area contributed by atoms with E-state index in [4.69, 9.17) is 14.9 Å². The van der Waals surface area contributed by atoms with Gasteiger partial charge in [-0.1, -0.05) is 108 Å². The maximum Gasteiger partial charge on any atom is 0.212 e. The average molecular weight is 495 g/mol. The van der Waals surface area contributed by atoms with Gasteiger partial charge >= 0.3 is 0 Å². The van der Waals surface area contributed by atoms with Gasteiger partial charge in [0.2, 0.25) is 6.29 Å². The highest BCUT2D eigenvalue weighted by atomic mass is 16.5. The second-order valence-corrected chi connectivity index (χ2v) is 7.06. The van der Waals surface area contributed by atoms with Crippen LogP contribution in [0.1, 0.15) is 142 Å². The lowest BCUT2D eigenvalue weighted by molar-refractivity contribution is -0.142. The summed E-state index contributed by atoms with van der Waals surface area (Å²) < 4.78 is 4.99. The molecule has 0 aliphatic heterocycles. The van der Waals surface area contributed by atoms with Crippen LogP contribution in [0, 0.1) is 0 Å². The molecule has 212 valence electrons. The van der Waals surface area contributed by atoms with Crippen LogP contribution in [0.15, 0.2) is 25.0 Å². The number of ketones is 2. The van der Waals surface area contributed by atoms with Crippen LogP contribution in [0.2, 0.25) is 0 Å². The molecule has 0 radical (unpaired) electrons. The normalized spacial score (nSPS) is 8.56. The van der Waals surface area contributed by atoms with Gasteiger partial charge in [-0.25, -0.2) is 0 Å². The van der Waals surface area contributed by atoms with Crippen molar-refractivity contribution in [2.24, 2.45) is 0 Å². The predicted molar refractivity (Wildman–Crippen MR) is 155 cm³/mol. The SMILES string of the molecule is C.C.C.C.C.C=CCCCCCCC.CC(=O)C(O)O.CCCCCCCC=COCC(C)=O. The van der Waals surface area contributed by atoms with E-state index >= 15 is 0 Å². The molecule has 2 N–H and O–H groups in total. The molecule has 0 saturated carbocycles. The first-order valence-electron chi connectivity index (χ1n) is 11.1. The van der Waals surface area contributed by atoms with Crippen LogP contribution < -0.4 is 0 Å². The summed E-state index contributed by atoms with van der Waals surface area (Å²) in [5.41, 5.74) is 0. The fraction of sp³-hybridized carbons (Fsp3) is 0.793. The van der Waals surface area contributed by atoms with Crippen molar-refractivity contribution in [1.29, 1.82) is 0 Å². The average Bonchev–Trinajstić information content (AvgIpc) is 2.67. The van der Waals surface area contributed by atoms with Crippen LogP contribution in [-0.4, -0.2) is 34.7 Å². The molecule has 0 rings (SSSR count). The zero-order chi connectivity index (χ0) is 22.8. The molecule has 0 aromatic rings. The van der Waals surface area contributed by atoms with Crippen LogP contribution in [0.5, 0.6) is 0 Å². The van der Waals surface area contributed by atoms with Crippen LogP contribution in [0.4, 0.5) is 0 Å². The fourth-order valence-electron chi connectivity index (χ4n) is 2.06. The van der Waals surface area contributed by atoms with E-state index in [1.165, 1.54) is 77.6 Å². The number of aliphatic hydroxyl groups is 2. The van der Waals surface area contributed by atoms with Crippen molar-refractivity contribution in [2.75, 3.05) is 6.61 Å². The molecule has 5 nitrogen and oxygen atoms in total. The minimum Gasteiger partial charge on any atom is -0.494 e. The maximum absolute atomic E-state index is 10.5. The smallest absolute Gasteiger partial charge is 0.212 e. The van der Waals surface area contributed by atoms with E-state index in [1.54, 1.807) is 6.26 Å². The summed E-state index contributed by atoms with van der Waals surface area (Å²) in [6.07, 6.45) is 19.5. The number of allylic oxidation sites excluding steroid dienone is 2. The Kier molecular flexibility index (Phi) is 77.2. The lowest BCUT2D eigenvalue weighted by Gasteiger charge is -1.97. The number of carbonyl (C=O) groups excluding carboxylic acids is 2. The fourth-order valence-corrected chi connectivity index (χ4v) is 2.06. The Morgan fingerprint density at radius 3 is 1.47 bits per heavy atom. The molecule has 5 heteroatoms. The van der Waals surface area contributed by atoms with Gasteiger partial charge in [0.15, 0.2) is 11.6 Å². The first kappa shape index (κ1) is 53.8. The molecule has 0 fully saturated rings. The van der Waals surface area contributed by atoms with Crippen molar-refractivity contribution in [3.05, 3.63) is 25.0 Å². The Labute approximate surface area is 216 Å². The summed E-state index contributed by atoms with van der Waals surface area (Å²) in [6.45, 7) is 11.0. The zero-order valence-electron chi connectivity index (χ0n) is 19.3. The van der Waals surface area contributed by atoms with Gasteiger partial charge in [0.25, 0.3) is 0 Å². The summed E-state index contributed by atoms with van der Waals surface area (Å²) in [5, 5.41) is 15.7. The van der Waals surface area contributed by atoms with Gasteiger partial charge < -0.3 is 14.9 Å². The third kappa shape index (κ3) is 69.8. The summed E-state index contributed by atoms with van der Waals surface area (Å²) in [7, 11) is 0. The minimum atomic E-state index is -1.79. The third-order valence-corrected chi connectivity index (χ3v) is 3.83. The molecule has 0 unspecified atom stereocenters. The highest BCUT2D eigenvalue weighted by Crippen LogP contribution is 2.05. The monoisotopic (exact) mass is 494 g/mol. The van der Waals surface area contributed by atoms with E-state index in [9.17, 15) is 9.59 Å². The van der Waals surface area contributed by atoms with Gasteiger partial charge in [0, 0.05) is 0 Å². The Morgan fingerprint density at radius 1 is 0.765 bits per heavy atom. The van der Waals surface area contributed by atoms with Crippen LogP contribution >= 0.6 is 0 Å². The Bertz CT molecular complexity index is 390. The van der Waals surface area contributed by atoms with E-state index in [1.807, 2.05) is 12.2 Å². The van der Waals surface area contributed by atoms with Crippen LogP contribution in [-0.2, 0) is 14.3 Å². The highest BCUT2D eigenvalue weighted by Gasteiger charge is 1.99. The molecule has 0 amide bonds. The van der Waals surface area contributed by atoms with Crippen molar-refractivity contribution in [3.63, 3.8) is 0 Å². The van der Waals surface area contributed by atoms with Gasteiger partial charge in [-0.15, -0.1) is 6.58 Å². The molecule has 0 heterocycles. The summed E-state index contributed by atoms with van der Waals surface area (Å²) in [5.74, 6) is -0.562. The van der Waals surface area contributed by atoms with E-state index in [-0.39, 0.29) is 49.5 Å². The van der Waals surface area contributed by atoms with Gasteiger partial charge in [-0.05, 0) is 45.6 Å². The Hall–Kier alpha value is -1.46. The molecule has 0 aliphatic rings. The first-order chi connectivity index (χ1) is 13.8. The largest absolute Gasteiger partial charge is 0.494 e. The van der Waals surface area contributed by atoms with E-state index in [2.05, 4.69) is 20.4 Å². The molecular weight excluding hydrogens is 428 g/mol. The molecule has 0 spiro atoms. The van der Waals surface area contributed by atoms with Gasteiger partial charge in [-0.2, -0.15) is 0 Å².